The van der Waals surface area contributed by atoms with Gasteiger partial charge in [0.15, 0.2) is 0 Å². The van der Waals surface area contributed by atoms with Crippen molar-refractivity contribution in [2.45, 2.75) is 39.3 Å². The summed E-state index contributed by atoms with van der Waals surface area (Å²) in [6, 6.07) is 5.20. The highest BCUT2D eigenvalue weighted by Gasteiger charge is 2.32. The molecule has 1 fully saturated rings. The number of aryl methyl sites for hydroxylation is 2. The normalized spacial score (nSPS) is 19.1. The van der Waals surface area contributed by atoms with E-state index >= 15 is 0 Å². The van der Waals surface area contributed by atoms with Gasteiger partial charge in [0.05, 0.1) is 24.2 Å². The second-order valence-corrected chi connectivity index (χ2v) is 4.69. The molecule has 1 aromatic heterocycles. The summed E-state index contributed by atoms with van der Waals surface area (Å²) in [4.78, 5) is 2.34. The lowest BCUT2D eigenvalue weighted by molar-refractivity contribution is 0.0606. The Balaban J connectivity index is 1.94. The monoisotopic (exact) mass is 218 g/mol. The van der Waals surface area contributed by atoms with E-state index in [9.17, 15) is 0 Å². The van der Waals surface area contributed by atoms with E-state index in [2.05, 4.69) is 40.7 Å². The van der Waals surface area contributed by atoms with Crippen LogP contribution in [0.2, 0.25) is 0 Å². The predicted octanol–water partition coefficient (Wildman–Crippen LogP) is 1.66. The zero-order chi connectivity index (χ0) is 11.7. The maximum Gasteiger partial charge on any atom is 0.0776 e. The van der Waals surface area contributed by atoms with Gasteiger partial charge in [-0.25, -0.2) is 0 Å². The van der Waals surface area contributed by atoms with Gasteiger partial charge in [-0.3, -0.25) is 9.58 Å². The van der Waals surface area contributed by atoms with Gasteiger partial charge in [-0.15, -0.1) is 0 Å². The van der Waals surface area contributed by atoms with Crippen molar-refractivity contribution in [1.82, 2.24) is 14.7 Å². The summed E-state index contributed by atoms with van der Waals surface area (Å²) in [5.41, 5.74) is 2.32. The lowest BCUT2D eigenvalue weighted by Crippen LogP contribution is -2.52. The number of likely N-dealkylation sites (tertiary alicyclic amines) is 1. The van der Waals surface area contributed by atoms with Crippen LogP contribution in [-0.2, 0) is 0 Å². The summed E-state index contributed by atoms with van der Waals surface area (Å²) >= 11 is 0. The van der Waals surface area contributed by atoms with Gasteiger partial charge in [0.1, 0.15) is 0 Å². The van der Waals surface area contributed by atoms with Crippen LogP contribution in [0.5, 0.6) is 0 Å². The van der Waals surface area contributed by atoms with Gasteiger partial charge < -0.3 is 0 Å². The number of nitrogens with zero attached hydrogens (tertiary/aromatic N) is 4. The number of hydrogen-bond acceptors (Lipinski definition) is 3. The Hall–Kier alpha value is -1.34. The van der Waals surface area contributed by atoms with Crippen molar-refractivity contribution in [3.05, 3.63) is 17.5 Å². The maximum atomic E-state index is 8.64. The molecule has 1 unspecified atom stereocenters. The fourth-order valence-electron chi connectivity index (χ4n) is 2.28. The van der Waals surface area contributed by atoms with Crippen LogP contribution < -0.4 is 0 Å². The zero-order valence-electron chi connectivity index (χ0n) is 10.1. The molecule has 2 heterocycles. The first-order valence-corrected chi connectivity index (χ1v) is 5.75. The van der Waals surface area contributed by atoms with Crippen LogP contribution in [-0.4, -0.2) is 33.8 Å². The van der Waals surface area contributed by atoms with Gasteiger partial charge in [0, 0.05) is 24.8 Å². The Labute approximate surface area is 96.5 Å². The van der Waals surface area contributed by atoms with Crippen LogP contribution in [0.3, 0.4) is 0 Å². The molecule has 1 aliphatic heterocycles. The molecule has 16 heavy (non-hydrogen) atoms. The Bertz CT molecular complexity index is 409. The van der Waals surface area contributed by atoms with E-state index in [4.69, 9.17) is 5.26 Å². The smallest absolute Gasteiger partial charge is 0.0776 e. The minimum atomic E-state index is 0.373. The van der Waals surface area contributed by atoms with Crippen molar-refractivity contribution in [3.63, 3.8) is 0 Å². The Morgan fingerprint density at radius 2 is 2.25 bits per heavy atom. The molecule has 0 aromatic carbocycles. The van der Waals surface area contributed by atoms with Crippen LogP contribution >= 0.6 is 0 Å². The molecule has 0 N–H and O–H groups in total. The molecule has 0 saturated carbocycles. The second kappa shape index (κ2) is 4.26. The first-order chi connectivity index (χ1) is 7.61. The highest BCUT2D eigenvalue weighted by atomic mass is 15.4. The van der Waals surface area contributed by atoms with E-state index in [-0.39, 0.29) is 0 Å². The second-order valence-electron chi connectivity index (χ2n) is 4.69. The Morgan fingerprint density at radius 3 is 2.75 bits per heavy atom. The summed E-state index contributed by atoms with van der Waals surface area (Å²) in [7, 11) is 0. The standard InChI is InChI=1S/C12H18N4/c1-9-6-11(3)16(14-9)12-7-15(8-12)10(2)4-5-13/h6,10,12H,4,7-8H2,1-3H3. The first kappa shape index (κ1) is 11.2. The van der Waals surface area contributed by atoms with Crippen molar-refractivity contribution in [2.75, 3.05) is 13.1 Å². The fraction of sp³-hybridized carbons (Fsp3) is 0.667. The van der Waals surface area contributed by atoms with E-state index in [1.807, 2.05) is 6.92 Å². The van der Waals surface area contributed by atoms with Crippen molar-refractivity contribution >= 4 is 0 Å². The molecule has 1 aliphatic rings. The number of aromatic nitrogens is 2. The van der Waals surface area contributed by atoms with E-state index in [1.165, 1.54) is 5.69 Å². The van der Waals surface area contributed by atoms with Crippen LogP contribution in [0.25, 0.3) is 0 Å². The molecule has 0 radical (unpaired) electrons. The van der Waals surface area contributed by atoms with Crippen molar-refractivity contribution < 1.29 is 0 Å². The summed E-state index contributed by atoms with van der Waals surface area (Å²) in [6.07, 6.45) is 0.615. The largest absolute Gasteiger partial charge is 0.295 e. The highest BCUT2D eigenvalue weighted by molar-refractivity contribution is 5.09. The molecule has 0 spiro atoms. The van der Waals surface area contributed by atoms with E-state index in [0.717, 1.165) is 18.8 Å². The van der Waals surface area contributed by atoms with Crippen LogP contribution in [0.1, 0.15) is 30.8 Å². The molecule has 0 amide bonds. The molecule has 4 nitrogen and oxygen atoms in total. The third kappa shape index (κ3) is 1.96. The molecule has 0 bridgehead atoms. The Morgan fingerprint density at radius 1 is 1.56 bits per heavy atom. The van der Waals surface area contributed by atoms with E-state index in [0.29, 0.717) is 18.5 Å². The fourth-order valence-corrected chi connectivity index (χ4v) is 2.28. The van der Waals surface area contributed by atoms with Gasteiger partial charge in [-0.2, -0.15) is 10.4 Å². The minimum absolute atomic E-state index is 0.373. The zero-order valence-corrected chi connectivity index (χ0v) is 10.1. The summed E-state index contributed by atoms with van der Waals surface area (Å²) < 4.78 is 2.12. The average Bonchev–Trinajstić information content (AvgIpc) is 2.43. The number of nitriles is 1. The molecule has 1 atom stereocenters. The van der Waals surface area contributed by atoms with Crippen LogP contribution in [0.4, 0.5) is 0 Å². The molecule has 1 saturated heterocycles. The third-order valence-corrected chi connectivity index (χ3v) is 3.29. The minimum Gasteiger partial charge on any atom is -0.295 e. The highest BCUT2D eigenvalue weighted by Crippen LogP contribution is 2.25. The molecule has 4 heteroatoms. The lowest BCUT2D eigenvalue weighted by Gasteiger charge is -2.42. The van der Waals surface area contributed by atoms with Gasteiger partial charge in [0.2, 0.25) is 0 Å². The number of hydrogen-bond donors (Lipinski definition) is 0. The summed E-state index contributed by atoms with van der Waals surface area (Å²) in [5, 5.41) is 13.1. The molecular weight excluding hydrogens is 200 g/mol. The quantitative estimate of drug-likeness (QED) is 0.775. The molecule has 86 valence electrons. The van der Waals surface area contributed by atoms with Gasteiger partial charge in [-0.1, -0.05) is 0 Å². The molecule has 0 aliphatic carbocycles. The van der Waals surface area contributed by atoms with Gasteiger partial charge in [-0.05, 0) is 26.8 Å². The maximum absolute atomic E-state index is 8.64. The van der Waals surface area contributed by atoms with Crippen molar-refractivity contribution in [1.29, 1.82) is 5.26 Å². The summed E-state index contributed by atoms with van der Waals surface area (Å²) in [6.45, 7) is 8.27. The van der Waals surface area contributed by atoms with Gasteiger partial charge >= 0.3 is 0 Å². The average molecular weight is 218 g/mol. The van der Waals surface area contributed by atoms with Crippen LogP contribution in [0, 0.1) is 25.2 Å². The van der Waals surface area contributed by atoms with E-state index in [1.54, 1.807) is 0 Å². The lowest BCUT2D eigenvalue weighted by atomic mass is 10.0. The third-order valence-electron chi connectivity index (χ3n) is 3.29. The van der Waals surface area contributed by atoms with E-state index < -0.39 is 0 Å². The number of rotatable bonds is 3. The molecule has 1 aromatic rings. The molecule has 2 rings (SSSR count). The topological polar surface area (TPSA) is 44.9 Å². The van der Waals surface area contributed by atoms with Gasteiger partial charge in [0.25, 0.3) is 0 Å². The van der Waals surface area contributed by atoms with Crippen molar-refractivity contribution in [2.24, 2.45) is 0 Å². The Kier molecular flexibility index (Phi) is 2.97. The summed E-state index contributed by atoms with van der Waals surface area (Å²) in [5.74, 6) is 0. The predicted molar refractivity (Wildman–Crippen MR) is 62.0 cm³/mol. The molecular formula is C12H18N4. The van der Waals surface area contributed by atoms with Crippen LogP contribution in [0.15, 0.2) is 6.07 Å². The SMILES string of the molecule is Cc1cc(C)n(C2CN(C(C)CC#N)C2)n1. The first-order valence-electron chi connectivity index (χ1n) is 5.75. The van der Waals surface area contributed by atoms with Crippen molar-refractivity contribution in [3.8, 4) is 6.07 Å².